The van der Waals surface area contributed by atoms with Crippen LogP contribution in [0.3, 0.4) is 0 Å². The van der Waals surface area contributed by atoms with Crippen molar-refractivity contribution in [3.8, 4) is 17.1 Å². The largest absolute Gasteiger partial charge is 0.495 e. The monoisotopic (exact) mass is 394 g/mol. The lowest BCUT2D eigenvalue weighted by Gasteiger charge is -2.34. The normalized spacial score (nSPS) is 14.1. The van der Waals surface area contributed by atoms with Crippen molar-refractivity contribution in [2.75, 3.05) is 18.2 Å². The molecule has 0 saturated carbocycles. The molecule has 1 N–H and O–H groups in total. The summed E-state index contributed by atoms with van der Waals surface area (Å²) in [6.07, 6.45) is 0.898. The van der Waals surface area contributed by atoms with Crippen molar-refractivity contribution < 1.29 is 9.53 Å². The van der Waals surface area contributed by atoms with Crippen molar-refractivity contribution >= 4 is 23.4 Å². The Hall–Kier alpha value is -2.80. The molecule has 0 radical (unpaired) electrons. The topological polar surface area (TPSA) is 69.0 Å². The molecular weight excluding hydrogens is 372 g/mol. The van der Waals surface area contributed by atoms with E-state index in [1.165, 1.54) is 17.3 Å². The first-order chi connectivity index (χ1) is 13.5. The average molecular weight is 395 g/mol. The highest BCUT2D eigenvalue weighted by molar-refractivity contribution is 7.99. The lowest BCUT2D eigenvalue weighted by Crippen LogP contribution is -2.33. The molecule has 1 aliphatic heterocycles. The minimum Gasteiger partial charge on any atom is -0.495 e. The summed E-state index contributed by atoms with van der Waals surface area (Å²) in [5.41, 5.74) is 2.89. The Kier molecular flexibility index (Phi) is 4.85. The van der Waals surface area contributed by atoms with E-state index in [4.69, 9.17) is 4.74 Å². The molecule has 3 aromatic rings. The highest BCUT2D eigenvalue weighted by Gasteiger charge is 2.34. The average Bonchev–Trinajstić information content (AvgIpc) is 3.12. The quantitative estimate of drug-likeness (QED) is 0.663. The number of nitrogens with one attached hydrogen (secondary N) is 1. The van der Waals surface area contributed by atoms with Crippen LogP contribution in [0.1, 0.15) is 19.4 Å². The zero-order valence-corrected chi connectivity index (χ0v) is 16.9. The van der Waals surface area contributed by atoms with Gasteiger partial charge in [0.25, 0.3) is 0 Å². The lowest BCUT2D eigenvalue weighted by molar-refractivity contribution is -0.113. The molecule has 0 bridgehead atoms. The summed E-state index contributed by atoms with van der Waals surface area (Å²) in [5.74, 6) is 1.63. The van der Waals surface area contributed by atoms with Crippen molar-refractivity contribution in [3.63, 3.8) is 0 Å². The van der Waals surface area contributed by atoms with Crippen LogP contribution in [0.25, 0.3) is 11.4 Å². The molecular formula is C21H22N4O2S. The van der Waals surface area contributed by atoms with Crippen LogP contribution < -0.4 is 10.1 Å². The summed E-state index contributed by atoms with van der Waals surface area (Å²) in [5, 5.41) is 12.5. The third-order valence-corrected chi connectivity index (χ3v) is 5.76. The zero-order chi connectivity index (χ0) is 19.7. The third kappa shape index (κ3) is 3.38. The first kappa shape index (κ1) is 18.6. The number of rotatable bonds is 5. The summed E-state index contributed by atoms with van der Waals surface area (Å²) in [6.45, 7) is 4.35. The number of benzene rings is 2. The maximum Gasteiger partial charge on any atom is 0.234 e. The maximum atomic E-state index is 12.5. The van der Waals surface area contributed by atoms with Gasteiger partial charge in [-0.3, -0.25) is 9.36 Å². The summed E-state index contributed by atoms with van der Waals surface area (Å²) in [4.78, 5) is 12.5. The predicted octanol–water partition coefficient (Wildman–Crippen LogP) is 3.98. The second kappa shape index (κ2) is 7.31. The Morgan fingerprint density at radius 2 is 1.93 bits per heavy atom. The van der Waals surface area contributed by atoms with E-state index < -0.39 is 0 Å². The number of methoxy groups -OCH3 is 1. The molecule has 1 aliphatic rings. The summed E-state index contributed by atoms with van der Waals surface area (Å²) in [6, 6.07) is 15.7. The molecule has 0 unspecified atom stereocenters. The number of ether oxygens (including phenoxy) is 1. The fraction of sp³-hybridized carbons (Fsp3) is 0.286. The van der Waals surface area contributed by atoms with Crippen molar-refractivity contribution in [2.24, 2.45) is 0 Å². The van der Waals surface area contributed by atoms with Crippen LogP contribution in [-0.4, -0.2) is 33.5 Å². The molecule has 6 nitrogen and oxygen atoms in total. The molecule has 0 fully saturated rings. The molecule has 0 saturated heterocycles. The third-order valence-electron chi connectivity index (χ3n) is 4.83. The number of fused-ring (bicyclic) bond motifs is 3. The number of aromatic nitrogens is 3. The smallest absolute Gasteiger partial charge is 0.234 e. The fourth-order valence-electron chi connectivity index (χ4n) is 3.59. The number of carbonyl (C=O) groups is 1. The van der Waals surface area contributed by atoms with Crippen molar-refractivity contribution in [1.82, 2.24) is 14.8 Å². The molecule has 0 spiro atoms. The van der Waals surface area contributed by atoms with E-state index in [9.17, 15) is 4.79 Å². The molecule has 4 rings (SSSR count). The van der Waals surface area contributed by atoms with Gasteiger partial charge in [0.15, 0.2) is 11.0 Å². The number of carbonyl (C=O) groups excluding carboxylic acids is 1. The van der Waals surface area contributed by atoms with Gasteiger partial charge in [-0.15, -0.1) is 10.2 Å². The Labute approximate surface area is 168 Å². The van der Waals surface area contributed by atoms with E-state index >= 15 is 0 Å². The van der Waals surface area contributed by atoms with Crippen LogP contribution >= 0.6 is 11.8 Å². The number of amides is 1. The van der Waals surface area contributed by atoms with Crippen molar-refractivity contribution in [3.05, 3.63) is 54.1 Å². The summed E-state index contributed by atoms with van der Waals surface area (Å²) >= 11 is 1.40. The molecule has 28 heavy (non-hydrogen) atoms. The Morgan fingerprint density at radius 3 is 2.75 bits per heavy atom. The second-order valence-corrected chi connectivity index (χ2v) is 8.27. The zero-order valence-electron chi connectivity index (χ0n) is 16.1. The molecule has 2 heterocycles. The molecule has 1 aromatic heterocycles. The SMILES string of the molecule is COc1ccccc1NC(=O)CSc1nnc2n1C(C)(C)Cc1ccccc1-2. The molecule has 0 aliphatic carbocycles. The minimum atomic E-state index is -0.158. The number of thioether (sulfide) groups is 1. The van der Waals surface area contributed by atoms with Crippen molar-refractivity contribution in [1.29, 1.82) is 0 Å². The van der Waals surface area contributed by atoms with E-state index in [0.29, 0.717) is 11.4 Å². The summed E-state index contributed by atoms with van der Waals surface area (Å²) in [7, 11) is 1.59. The highest BCUT2D eigenvalue weighted by Crippen LogP contribution is 2.39. The van der Waals surface area contributed by atoms with E-state index in [0.717, 1.165) is 23.0 Å². The molecule has 1 amide bonds. The first-order valence-corrected chi connectivity index (χ1v) is 10.1. The van der Waals surface area contributed by atoms with E-state index in [1.54, 1.807) is 7.11 Å². The minimum absolute atomic E-state index is 0.110. The van der Waals surface area contributed by atoms with Gasteiger partial charge in [-0.1, -0.05) is 48.2 Å². The van der Waals surface area contributed by atoms with Gasteiger partial charge in [0.1, 0.15) is 5.75 Å². The van der Waals surface area contributed by atoms with Gasteiger partial charge in [-0.2, -0.15) is 0 Å². The Bertz CT molecular complexity index is 1030. The maximum absolute atomic E-state index is 12.5. The van der Waals surface area contributed by atoms with Crippen LogP contribution in [0, 0.1) is 0 Å². The standard InChI is InChI=1S/C21H22N4O2S/c1-21(2)12-14-8-4-5-9-15(14)19-23-24-20(25(19)21)28-13-18(26)22-16-10-6-7-11-17(16)27-3/h4-11H,12-13H2,1-3H3,(H,22,26). The van der Waals surface area contributed by atoms with E-state index in [-0.39, 0.29) is 17.2 Å². The number of anilines is 1. The van der Waals surface area contributed by atoms with Crippen LogP contribution in [-0.2, 0) is 16.8 Å². The van der Waals surface area contributed by atoms with Gasteiger partial charge in [-0.05, 0) is 38.0 Å². The van der Waals surface area contributed by atoms with Gasteiger partial charge in [0, 0.05) is 11.1 Å². The Balaban J connectivity index is 1.53. The first-order valence-electron chi connectivity index (χ1n) is 9.09. The highest BCUT2D eigenvalue weighted by atomic mass is 32.2. The number of hydrogen-bond acceptors (Lipinski definition) is 5. The number of hydrogen-bond donors (Lipinski definition) is 1. The molecule has 0 atom stereocenters. The van der Waals surface area contributed by atoms with Gasteiger partial charge in [0.05, 0.1) is 18.6 Å². The van der Waals surface area contributed by atoms with Crippen LogP contribution in [0.4, 0.5) is 5.69 Å². The van der Waals surface area contributed by atoms with Crippen LogP contribution in [0.15, 0.2) is 53.7 Å². The van der Waals surface area contributed by atoms with Crippen molar-refractivity contribution in [2.45, 2.75) is 31.0 Å². The van der Waals surface area contributed by atoms with E-state index in [2.05, 4.69) is 52.1 Å². The molecule has 144 valence electrons. The van der Waals surface area contributed by atoms with Crippen LogP contribution in [0.2, 0.25) is 0 Å². The molecule has 2 aromatic carbocycles. The van der Waals surface area contributed by atoms with E-state index in [1.807, 2.05) is 30.3 Å². The predicted molar refractivity (Wildman–Crippen MR) is 111 cm³/mol. The number of para-hydroxylation sites is 2. The Morgan fingerprint density at radius 1 is 1.18 bits per heavy atom. The second-order valence-electron chi connectivity index (χ2n) is 7.33. The van der Waals surface area contributed by atoms with Crippen LogP contribution in [0.5, 0.6) is 5.75 Å². The van der Waals surface area contributed by atoms with Gasteiger partial charge in [-0.25, -0.2) is 0 Å². The van der Waals surface area contributed by atoms with Gasteiger partial charge in [0.2, 0.25) is 5.91 Å². The lowest BCUT2D eigenvalue weighted by atomic mass is 9.87. The van der Waals surface area contributed by atoms with Gasteiger partial charge >= 0.3 is 0 Å². The number of nitrogens with zero attached hydrogens (tertiary/aromatic N) is 3. The fourth-order valence-corrected chi connectivity index (χ4v) is 4.48. The summed E-state index contributed by atoms with van der Waals surface area (Å²) < 4.78 is 7.43. The van der Waals surface area contributed by atoms with Gasteiger partial charge < -0.3 is 10.1 Å². The molecule has 7 heteroatoms.